The van der Waals surface area contributed by atoms with Gasteiger partial charge in [0, 0.05) is 17.5 Å². The SMILES string of the molecule is COc1cc(C)sc1C(=O)N1CCC[C@H]1CC(=O)O. The van der Waals surface area contributed by atoms with E-state index in [1.165, 1.54) is 18.4 Å². The van der Waals surface area contributed by atoms with Crippen LogP contribution in [0.2, 0.25) is 0 Å². The fourth-order valence-corrected chi connectivity index (χ4v) is 3.37. The third-order valence-electron chi connectivity index (χ3n) is 3.28. The molecule has 1 fully saturated rings. The van der Waals surface area contributed by atoms with E-state index in [-0.39, 0.29) is 18.4 Å². The highest BCUT2D eigenvalue weighted by Crippen LogP contribution is 2.32. The van der Waals surface area contributed by atoms with Crippen LogP contribution in [0, 0.1) is 6.92 Å². The molecule has 1 aromatic heterocycles. The third kappa shape index (κ3) is 2.89. The molecule has 1 saturated heterocycles. The maximum atomic E-state index is 12.5. The topological polar surface area (TPSA) is 66.8 Å². The van der Waals surface area contributed by atoms with Gasteiger partial charge >= 0.3 is 5.97 Å². The standard InChI is InChI=1S/C13H17NO4S/c1-8-6-10(18-2)12(19-8)13(17)14-5-3-4-9(14)7-11(15)16/h6,9H,3-5,7H2,1-2H3,(H,15,16)/t9-/m0/s1. The van der Waals surface area contributed by atoms with Gasteiger partial charge in [0.25, 0.3) is 5.91 Å². The van der Waals surface area contributed by atoms with Crippen molar-refractivity contribution in [1.29, 1.82) is 0 Å². The van der Waals surface area contributed by atoms with Crippen LogP contribution in [-0.2, 0) is 4.79 Å². The predicted molar refractivity (Wildman–Crippen MR) is 71.9 cm³/mol. The summed E-state index contributed by atoms with van der Waals surface area (Å²) in [6.45, 7) is 2.54. The summed E-state index contributed by atoms with van der Waals surface area (Å²) in [5.74, 6) is -0.397. The number of likely N-dealkylation sites (tertiary alicyclic amines) is 1. The Morgan fingerprint density at radius 1 is 1.58 bits per heavy atom. The molecule has 0 aromatic carbocycles. The molecule has 0 unspecified atom stereocenters. The molecule has 1 aliphatic heterocycles. The molecule has 2 heterocycles. The maximum Gasteiger partial charge on any atom is 0.305 e. The Labute approximate surface area is 115 Å². The fourth-order valence-electron chi connectivity index (χ4n) is 2.44. The van der Waals surface area contributed by atoms with Crippen LogP contribution < -0.4 is 4.74 Å². The van der Waals surface area contributed by atoms with E-state index in [4.69, 9.17) is 9.84 Å². The second-order valence-electron chi connectivity index (χ2n) is 4.65. The molecular formula is C13H17NO4S. The number of carbonyl (C=O) groups excluding carboxylic acids is 1. The Morgan fingerprint density at radius 3 is 2.95 bits per heavy atom. The van der Waals surface area contributed by atoms with E-state index in [0.29, 0.717) is 17.2 Å². The van der Waals surface area contributed by atoms with E-state index in [0.717, 1.165) is 17.7 Å². The van der Waals surface area contributed by atoms with Crippen LogP contribution in [0.5, 0.6) is 5.75 Å². The van der Waals surface area contributed by atoms with E-state index in [2.05, 4.69) is 0 Å². The van der Waals surface area contributed by atoms with Gasteiger partial charge in [0.05, 0.1) is 13.5 Å². The van der Waals surface area contributed by atoms with Crippen molar-refractivity contribution in [2.24, 2.45) is 0 Å². The van der Waals surface area contributed by atoms with Crippen molar-refractivity contribution in [2.75, 3.05) is 13.7 Å². The lowest BCUT2D eigenvalue weighted by atomic mass is 10.1. The summed E-state index contributed by atoms with van der Waals surface area (Å²) >= 11 is 1.39. The van der Waals surface area contributed by atoms with E-state index in [9.17, 15) is 9.59 Å². The minimum Gasteiger partial charge on any atom is -0.495 e. The van der Waals surface area contributed by atoms with Crippen molar-refractivity contribution in [3.63, 3.8) is 0 Å². The first kappa shape index (κ1) is 13.9. The van der Waals surface area contributed by atoms with Gasteiger partial charge in [-0.05, 0) is 25.8 Å². The molecule has 0 bridgehead atoms. The number of amides is 1. The zero-order valence-corrected chi connectivity index (χ0v) is 11.8. The molecule has 0 spiro atoms. The summed E-state index contributed by atoms with van der Waals surface area (Å²) in [6.07, 6.45) is 1.62. The van der Waals surface area contributed by atoms with Crippen LogP contribution in [-0.4, -0.2) is 41.6 Å². The molecule has 104 valence electrons. The molecule has 0 saturated carbocycles. The molecule has 0 radical (unpaired) electrons. The van der Waals surface area contributed by atoms with Gasteiger partial charge in [-0.2, -0.15) is 0 Å². The predicted octanol–water partition coefficient (Wildman–Crippen LogP) is 2.14. The summed E-state index contributed by atoms with van der Waals surface area (Å²) in [4.78, 5) is 26.6. The second kappa shape index (κ2) is 5.61. The van der Waals surface area contributed by atoms with E-state index in [1.807, 2.05) is 13.0 Å². The number of carboxylic acids is 1. The van der Waals surface area contributed by atoms with Crippen molar-refractivity contribution in [3.05, 3.63) is 15.8 Å². The number of hydrogen-bond donors (Lipinski definition) is 1. The molecule has 5 nitrogen and oxygen atoms in total. The van der Waals surface area contributed by atoms with Crippen LogP contribution in [0.4, 0.5) is 0 Å². The lowest BCUT2D eigenvalue weighted by Crippen LogP contribution is -2.36. The summed E-state index contributed by atoms with van der Waals surface area (Å²) in [5.41, 5.74) is 0. The second-order valence-corrected chi connectivity index (χ2v) is 5.90. The van der Waals surface area contributed by atoms with Gasteiger partial charge in [-0.25, -0.2) is 0 Å². The van der Waals surface area contributed by atoms with Gasteiger partial charge in [-0.3, -0.25) is 9.59 Å². The minimum absolute atomic E-state index is 0.0123. The number of carbonyl (C=O) groups is 2. The van der Waals surface area contributed by atoms with Gasteiger partial charge in [-0.1, -0.05) is 0 Å². The highest BCUT2D eigenvalue weighted by Gasteiger charge is 2.33. The summed E-state index contributed by atoms with van der Waals surface area (Å²) in [5, 5.41) is 8.89. The number of nitrogens with zero attached hydrogens (tertiary/aromatic N) is 1. The summed E-state index contributed by atoms with van der Waals surface area (Å²) in [6, 6.07) is 1.64. The highest BCUT2D eigenvalue weighted by atomic mass is 32.1. The van der Waals surface area contributed by atoms with Crippen molar-refractivity contribution >= 4 is 23.2 Å². The molecular weight excluding hydrogens is 266 g/mol. The zero-order valence-electron chi connectivity index (χ0n) is 11.0. The van der Waals surface area contributed by atoms with Gasteiger partial charge in [0.2, 0.25) is 0 Å². The van der Waals surface area contributed by atoms with Crippen LogP contribution in [0.1, 0.15) is 33.8 Å². The van der Waals surface area contributed by atoms with Crippen LogP contribution >= 0.6 is 11.3 Å². The molecule has 6 heteroatoms. The number of aliphatic carboxylic acids is 1. The van der Waals surface area contributed by atoms with Gasteiger partial charge in [-0.15, -0.1) is 11.3 Å². The quantitative estimate of drug-likeness (QED) is 0.919. The molecule has 1 amide bonds. The van der Waals surface area contributed by atoms with Crippen molar-refractivity contribution in [3.8, 4) is 5.75 Å². The normalized spacial score (nSPS) is 18.6. The minimum atomic E-state index is -0.862. The van der Waals surface area contributed by atoms with E-state index in [1.54, 1.807) is 4.90 Å². The first-order valence-electron chi connectivity index (χ1n) is 6.20. The van der Waals surface area contributed by atoms with Crippen LogP contribution in [0.3, 0.4) is 0 Å². The fraction of sp³-hybridized carbons (Fsp3) is 0.538. The number of carboxylic acid groups (broad SMARTS) is 1. The Morgan fingerprint density at radius 2 is 2.32 bits per heavy atom. The average molecular weight is 283 g/mol. The molecule has 1 aliphatic rings. The Bertz CT molecular complexity index is 497. The van der Waals surface area contributed by atoms with E-state index >= 15 is 0 Å². The number of hydrogen-bond acceptors (Lipinski definition) is 4. The molecule has 1 N–H and O–H groups in total. The zero-order chi connectivity index (χ0) is 14.0. The van der Waals surface area contributed by atoms with Crippen molar-refractivity contribution in [1.82, 2.24) is 4.90 Å². The Balaban J connectivity index is 2.20. The Hall–Kier alpha value is -1.56. The van der Waals surface area contributed by atoms with Gasteiger partial charge in [0.1, 0.15) is 10.6 Å². The van der Waals surface area contributed by atoms with E-state index < -0.39 is 5.97 Å². The molecule has 1 atom stereocenters. The number of methoxy groups -OCH3 is 1. The molecule has 1 aromatic rings. The number of aryl methyl sites for hydroxylation is 1. The smallest absolute Gasteiger partial charge is 0.305 e. The number of thiophene rings is 1. The molecule has 2 rings (SSSR count). The largest absolute Gasteiger partial charge is 0.495 e. The summed E-state index contributed by atoms with van der Waals surface area (Å²) in [7, 11) is 1.54. The van der Waals surface area contributed by atoms with Crippen molar-refractivity contribution in [2.45, 2.75) is 32.2 Å². The monoisotopic (exact) mass is 283 g/mol. The number of ether oxygens (including phenoxy) is 1. The van der Waals surface area contributed by atoms with Crippen LogP contribution in [0.15, 0.2) is 6.07 Å². The highest BCUT2D eigenvalue weighted by molar-refractivity contribution is 7.14. The number of rotatable bonds is 4. The maximum absolute atomic E-state index is 12.5. The summed E-state index contributed by atoms with van der Waals surface area (Å²) < 4.78 is 5.21. The first-order valence-corrected chi connectivity index (χ1v) is 7.01. The molecule has 19 heavy (non-hydrogen) atoms. The lowest BCUT2D eigenvalue weighted by molar-refractivity contribution is -0.137. The third-order valence-corrected chi connectivity index (χ3v) is 4.30. The Kier molecular flexibility index (Phi) is 4.09. The molecule has 0 aliphatic carbocycles. The van der Waals surface area contributed by atoms with Gasteiger partial charge < -0.3 is 14.7 Å². The first-order chi connectivity index (χ1) is 9.02. The van der Waals surface area contributed by atoms with Gasteiger partial charge in [0.15, 0.2) is 0 Å². The average Bonchev–Trinajstić information content (AvgIpc) is 2.94. The van der Waals surface area contributed by atoms with Crippen LogP contribution in [0.25, 0.3) is 0 Å². The van der Waals surface area contributed by atoms with Crippen molar-refractivity contribution < 1.29 is 19.4 Å². The lowest BCUT2D eigenvalue weighted by Gasteiger charge is -2.23.